The maximum Gasteiger partial charge on any atom is 0.154 e. The van der Waals surface area contributed by atoms with Crippen molar-refractivity contribution in [1.82, 2.24) is 24.5 Å². The third-order valence-corrected chi connectivity index (χ3v) is 6.44. The number of hydrogen-bond acceptors (Lipinski definition) is 8. The van der Waals surface area contributed by atoms with E-state index in [1.54, 1.807) is 20.4 Å². The van der Waals surface area contributed by atoms with Gasteiger partial charge in [-0.2, -0.15) is 0 Å². The van der Waals surface area contributed by atoms with Crippen LogP contribution in [0.15, 0.2) is 54.9 Å². The summed E-state index contributed by atoms with van der Waals surface area (Å²) >= 11 is 0. The molecular formula is C26H31N7O2. The van der Waals surface area contributed by atoms with Gasteiger partial charge in [0.2, 0.25) is 0 Å². The second kappa shape index (κ2) is 10.2. The fourth-order valence-corrected chi connectivity index (χ4v) is 4.38. The number of fused-ring (bicyclic) bond motifs is 1. The number of anilines is 2. The minimum Gasteiger partial charge on any atom is -0.497 e. The average molecular weight is 474 g/mol. The molecule has 1 aromatic carbocycles. The Morgan fingerprint density at radius 1 is 0.971 bits per heavy atom. The van der Waals surface area contributed by atoms with Crippen molar-refractivity contribution in [3.8, 4) is 22.8 Å². The van der Waals surface area contributed by atoms with Gasteiger partial charge in [-0.15, -0.1) is 5.10 Å². The maximum atomic E-state index is 5.51. The van der Waals surface area contributed by atoms with Crippen molar-refractivity contribution in [2.24, 2.45) is 0 Å². The number of rotatable bonds is 8. The van der Waals surface area contributed by atoms with Crippen LogP contribution < -0.4 is 20.1 Å². The molecule has 1 fully saturated rings. The number of piperidine rings is 1. The largest absolute Gasteiger partial charge is 0.497 e. The molecule has 9 nitrogen and oxygen atoms in total. The Labute approximate surface area is 205 Å². The molecule has 0 radical (unpaired) electrons. The standard InChI is InChI=1S/C26H31N7O2/c1-32-12-9-20(10-13-32)30-24-6-7-26-29-17-22(33(26)31-24)18-8-11-27-25(14-18)28-16-19-4-5-21(34-2)15-23(19)35-3/h4-8,11,14-15,17,20H,9-10,12-13,16H2,1-3H3,(H,27,28)(H,30,31). The fourth-order valence-electron chi connectivity index (χ4n) is 4.38. The Kier molecular flexibility index (Phi) is 6.67. The maximum absolute atomic E-state index is 5.51. The van der Waals surface area contributed by atoms with Gasteiger partial charge in [-0.05, 0) is 69.4 Å². The molecule has 3 aromatic heterocycles. The minimum absolute atomic E-state index is 0.440. The van der Waals surface area contributed by atoms with Crippen molar-refractivity contribution < 1.29 is 9.47 Å². The molecule has 35 heavy (non-hydrogen) atoms. The highest BCUT2D eigenvalue weighted by molar-refractivity contribution is 5.66. The van der Waals surface area contributed by atoms with E-state index in [2.05, 4.69) is 32.5 Å². The molecule has 0 bridgehead atoms. The normalized spacial score (nSPS) is 14.7. The molecule has 0 unspecified atom stereocenters. The lowest BCUT2D eigenvalue weighted by Crippen LogP contribution is -2.36. The van der Waals surface area contributed by atoms with Crippen molar-refractivity contribution in [2.75, 3.05) is 45.0 Å². The predicted octanol–water partition coefficient (Wildman–Crippen LogP) is 3.93. The van der Waals surface area contributed by atoms with E-state index in [9.17, 15) is 0 Å². The highest BCUT2D eigenvalue weighted by Gasteiger charge is 2.17. The lowest BCUT2D eigenvalue weighted by molar-refractivity contribution is 0.263. The summed E-state index contributed by atoms with van der Waals surface area (Å²) in [5, 5.41) is 11.8. The first-order valence-corrected chi connectivity index (χ1v) is 11.8. The molecule has 0 aliphatic carbocycles. The van der Waals surface area contributed by atoms with Crippen LogP contribution in [0.1, 0.15) is 18.4 Å². The van der Waals surface area contributed by atoms with Crippen LogP contribution in [-0.2, 0) is 6.54 Å². The summed E-state index contributed by atoms with van der Waals surface area (Å²) in [5.74, 6) is 3.15. The second-order valence-corrected chi connectivity index (χ2v) is 8.81. The number of methoxy groups -OCH3 is 2. The number of aromatic nitrogens is 4. The summed E-state index contributed by atoms with van der Waals surface area (Å²) in [6.45, 7) is 2.77. The molecule has 1 aliphatic heterocycles. The smallest absolute Gasteiger partial charge is 0.154 e. The molecule has 0 amide bonds. The number of nitrogens with one attached hydrogen (secondary N) is 2. The molecule has 0 atom stereocenters. The van der Waals surface area contributed by atoms with Crippen molar-refractivity contribution in [2.45, 2.75) is 25.4 Å². The molecule has 1 saturated heterocycles. The Bertz CT molecular complexity index is 1300. The molecular weight excluding hydrogens is 442 g/mol. The Hall–Kier alpha value is -3.85. The van der Waals surface area contributed by atoms with Crippen LogP contribution in [0.2, 0.25) is 0 Å². The lowest BCUT2D eigenvalue weighted by atomic mass is 10.1. The zero-order chi connectivity index (χ0) is 24.2. The van der Waals surface area contributed by atoms with E-state index in [0.717, 1.165) is 71.5 Å². The fraction of sp³-hybridized carbons (Fsp3) is 0.346. The SMILES string of the molecule is COc1ccc(CNc2cc(-c3cnc4ccc(NC5CCN(C)CC5)nn34)ccn2)c(OC)c1. The summed E-state index contributed by atoms with van der Waals surface area (Å²) in [6.07, 6.45) is 5.88. The van der Waals surface area contributed by atoms with E-state index in [-0.39, 0.29) is 0 Å². The Morgan fingerprint density at radius 2 is 1.83 bits per heavy atom. The number of hydrogen-bond donors (Lipinski definition) is 2. The zero-order valence-electron chi connectivity index (χ0n) is 20.4. The van der Waals surface area contributed by atoms with Crippen molar-refractivity contribution in [3.05, 3.63) is 60.4 Å². The van der Waals surface area contributed by atoms with Gasteiger partial charge in [-0.25, -0.2) is 14.5 Å². The van der Waals surface area contributed by atoms with Crippen LogP contribution in [0.3, 0.4) is 0 Å². The van der Waals surface area contributed by atoms with Crippen LogP contribution in [0.25, 0.3) is 16.9 Å². The third-order valence-electron chi connectivity index (χ3n) is 6.44. The highest BCUT2D eigenvalue weighted by Crippen LogP contribution is 2.27. The average Bonchev–Trinajstić information content (AvgIpc) is 3.32. The van der Waals surface area contributed by atoms with Crippen LogP contribution in [0.4, 0.5) is 11.6 Å². The minimum atomic E-state index is 0.440. The zero-order valence-corrected chi connectivity index (χ0v) is 20.4. The topological polar surface area (TPSA) is 88.8 Å². The quantitative estimate of drug-likeness (QED) is 0.398. The van der Waals surface area contributed by atoms with Gasteiger partial charge in [0.15, 0.2) is 5.65 Å². The molecule has 9 heteroatoms. The predicted molar refractivity (Wildman–Crippen MR) is 137 cm³/mol. The van der Waals surface area contributed by atoms with Gasteiger partial charge in [0.1, 0.15) is 23.1 Å². The van der Waals surface area contributed by atoms with Crippen molar-refractivity contribution in [1.29, 1.82) is 0 Å². The number of likely N-dealkylation sites (tertiary alicyclic amines) is 1. The molecule has 4 heterocycles. The van der Waals surface area contributed by atoms with Gasteiger partial charge in [0.25, 0.3) is 0 Å². The van der Waals surface area contributed by atoms with E-state index < -0.39 is 0 Å². The summed E-state index contributed by atoms with van der Waals surface area (Å²) < 4.78 is 12.7. The number of ether oxygens (including phenoxy) is 2. The lowest BCUT2D eigenvalue weighted by Gasteiger charge is -2.29. The summed E-state index contributed by atoms with van der Waals surface area (Å²) in [6, 6.07) is 14.2. The van der Waals surface area contributed by atoms with Gasteiger partial charge < -0.3 is 25.0 Å². The van der Waals surface area contributed by atoms with E-state index >= 15 is 0 Å². The van der Waals surface area contributed by atoms with Gasteiger partial charge in [0, 0.05) is 36.0 Å². The van der Waals surface area contributed by atoms with E-state index in [1.807, 2.05) is 53.2 Å². The summed E-state index contributed by atoms with van der Waals surface area (Å²) in [7, 11) is 5.47. The van der Waals surface area contributed by atoms with E-state index in [1.165, 1.54) is 0 Å². The highest BCUT2D eigenvalue weighted by atomic mass is 16.5. The second-order valence-electron chi connectivity index (χ2n) is 8.81. The van der Waals surface area contributed by atoms with Crippen LogP contribution >= 0.6 is 0 Å². The molecule has 1 aliphatic rings. The van der Waals surface area contributed by atoms with Gasteiger partial charge in [-0.1, -0.05) is 0 Å². The first-order valence-electron chi connectivity index (χ1n) is 11.8. The first kappa shape index (κ1) is 22.9. The van der Waals surface area contributed by atoms with Gasteiger partial charge >= 0.3 is 0 Å². The third kappa shape index (κ3) is 5.14. The van der Waals surface area contributed by atoms with Gasteiger partial charge in [-0.3, -0.25) is 0 Å². The van der Waals surface area contributed by atoms with Crippen LogP contribution in [0, 0.1) is 0 Å². The van der Waals surface area contributed by atoms with Gasteiger partial charge in [0.05, 0.1) is 26.1 Å². The van der Waals surface area contributed by atoms with Crippen molar-refractivity contribution >= 4 is 17.3 Å². The van der Waals surface area contributed by atoms with Crippen molar-refractivity contribution in [3.63, 3.8) is 0 Å². The molecule has 0 spiro atoms. The Balaban J connectivity index is 1.34. The van der Waals surface area contributed by atoms with E-state index in [4.69, 9.17) is 14.6 Å². The number of benzene rings is 1. The summed E-state index contributed by atoms with van der Waals surface area (Å²) in [5.41, 5.74) is 3.73. The molecule has 5 rings (SSSR count). The molecule has 4 aromatic rings. The first-order chi connectivity index (χ1) is 17.1. The Morgan fingerprint density at radius 3 is 2.63 bits per heavy atom. The monoisotopic (exact) mass is 473 g/mol. The molecule has 2 N–H and O–H groups in total. The number of nitrogens with zero attached hydrogens (tertiary/aromatic N) is 5. The van der Waals surface area contributed by atoms with E-state index in [0.29, 0.717) is 12.6 Å². The number of pyridine rings is 1. The van der Waals surface area contributed by atoms with Crippen LogP contribution in [-0.4, -0.2) is 64.9 Å². The molecule has 182 valence electrons. The number of imidazole rings is 1. The molecule has 0 saturated carbocycles. The van der Waals surface area contributed by atoms with Crippen LogP contribution in [0.5, 0.6) is 11.5 Å². The summed E-state index contributed by atoms with van der Waals surface area (Å²) in [4.78, 5) is 11.4.